The summed E-state index contributed by atoms with van der Waals surface area (Å²) in [6.45, 7) is 0.453. The largest absolute Gasteiger partial charge is 0.494 e. The van der Waals surface area contributed by atoms with Crippen LogP contribution >= 0.6 is 0 Å². The maximum absolute atomic E-state index is 11.7. The Morgan fingerprint density at radius 2 is 2.18 bits per heavy atom. The van der Waals surface area contributed by atoms with Crippen LogP contribution in [-0.2, 0) is 6.54 Å². The topological polar surface area (TPSA) is 105 Å². The maximum atomic E-state index is 11.7. The Morgan fingerprint density at radius 3 is 3.05 bits per heavy atom. The molecule has 3 heterocycles. The van der Waals surface area contributed by atoms with Gasteiger partial charge in [0.2, 0.25) is 0 Å². The zero-order chi connectivity index (χ0) is 15.1. The Hall–Kier alpha value is -3.16. The van der Waals surface area contributed by atoms with Crippen molar-refractivity contribution in [2.75, 3.05) is 12.4 Å². The van der Waals surface area contributed by atoms with Gasteiger partial charge < -0.3 is 20.4 Å². The van der Waals surface area contributed by atoms with E-state index < -0.39 is 0 Å². The number of rotatable bonds is 3. The molecule has 0 aliphatic carbocycles. The molecule has 1 amide bonds. The van der Waals surface area contributed by atoms with Crippen LogP contribution < -0.4 is 15.4 Å². The number of carbonyl (C=O) groups excluding carboxylic acids is 1. The number of hydrogen-bond donors (Lipinski definition) is 3. The highest BCUT2D eigenvalue weighted by Gasteiger charge is 2.24. The summed E-state index contributed by atoms with van der Waals surface area (Å²) in [6.07, 6.45) is 3.01. The number of aromatic nitrogens is 4. The van der Waals surface area contributed by atoms with Crippen LogP contribution in [0.3, 0.4) is 0 Å². The number of nitrogens with one attached hydrogen (secondary N) is 3. The van der Waals surface area contributed by atoms with Crippen LogP contribution in [0.5, 0.6) is 5.75 Å². The van der Waals surface area contributed by atoms with E-state index in [1.165, 1.54) is 6.33 Å². The predicted octanol–water partition coefficient (Wildman–Crippen LogP) is 1.35. The van der Waals surface area contributed by atoms with Gasteiger partial charge in [-0.1, -0.05) is 0 Å². The lowest BCUT2D eigenvalue weighted by molar-refractivity contribution is 0.0966. The quantitative estimate of drug-likeness (QED) is 0.674. The summed E-state index contributed by atoms with van der Waals surface area (Å²) in [5, 5.41) is 5.99. The first-order valence-corrected chi connectivity index (χ1v) is 6.67. The molecule has 0 unspecified atom stereocenters. The van der Waals surface area contributed by atoms with E-state index in [-0.39, 0.29) is 5.91 Å². The van der Waals surface area contributed by atoms with Crippen molar-refractivity contribution in [3.8, 4) is 5.75 Å². The van der Waals surface area contributed by atoms with Gasteiger partial charge in [-0.3, -0.25) is 4.79 Å². The van der Waals surface area contributed by atoms with Crippen molar-refractivity contribution in [1.29, 1.82) is 0 Å². The SMILES string of the molecule is COc1c(Nc2ncnc3[nH]cnc23)ccc2c1CNC2=O. The van der Waals surface area contributed by atoms with Crippen molar-refractivity contribution < 1.29 is 9.53 Å². The number of benzene rings is 1. The summed E-state index contributed by atoms with van der Waals surface area (Å²) in [5.41, 5.74) is 3.48. The number of ether oxygens (including phenoxy) is 1. The molecule has 0 saturated carbocycles. The van der Waals surface area contributed by atoms with E-state index >= 15 is 0 Å². The second kappa shape index (κ2) is 4.69. The highest BCUT2D eigenvalue weighted by molar-refractivity contribution is 6.00. The highest BCUT2D eigenvalue weighted by atomic mass is 16.5. The predicted molar refractivity (Wildman–Crippen MR) is 79.1 cm³/mol. The average Bonchev–Trinajstić information content (AvgIpc) is 3.15. The molecule has 0 spiro atoms. The molecule has 110 valence electrons. The zero-order valence-corrected chi connectivity index (χ0v) is 11.7. The van der Waals surface area contributed by atoms with Gasteiger partial charge in [0.1, 0.15) is 12.1 Å². The third-order valence-electron chi connectivity index (χ3n) is 3.61. The van der Waals surface area contributed by atoms with E-state index in [2.05, 4.69) is 30.6 Å². The van der Waals surface area contributed by atoms with Crippen molar-refractivity contribution in [3.05, 3.63) is 35.9 Å². The first kappa shape index (κ1) is 12.6. The smallest absolute Gasteiger partial charge is 0.252 e. The standard InChI is InChI=1S/C14H12N6O2/c1-22-11-8-4-15-14(21)7(8)2-3-9(11)20-13-10-12(17-5-16-10)18-6-19-13/h2-3,5-6H,4H2,1H3,(H,15,21)(H2,16,17,18,19,20). The zero-order valence-electron chi connectivity index (χ0n) is 11.7. The second-order valence-corrected chi connectivity index (χ2v) is 4.80. The van der Waals surface area contributed by atoms with Gasteiger partial charge >= 0.3 is 0 Å². The van der Waals surface area contributed by atoms with Gasteiger partial charge in [-0.05, 0) is 12.1 Å². The van der Waals surface area contributed by atoms with Crippen molar-refractivity contribution in [1.82, 2.24) is 25.3 Å². The Balaban J connectivity index is 1.81. The number of nitrogens with zero attached hydrogens (tertiary/aromatic N) is 3. The molecule has 0 saturated heterocycles. The molecular formula is C14H12N6O2. The van der Waals surface area contributed by atoms with Crippen LogP contribution in [0.25, 0.3) is 11.2 Å². The number of fused-ring (bicyclic) bond motifs is 2. The number of imidazole rings is 1. The number of methoxy groups -OCH3 is 1. The number of hydrogen-bond acceptors (Lipinski definition) is 6. The maximum Gasteiger partial charge on any atom is 0.252 e. The molecule has 22 heavy (non-hydrogen) atoms. The Kier molecular flexibility index (Phi) is 2.68. The molecular weight excluding hydrogens is 284 g/mol. The van der Waals surface area contributed by atoms with E-state index in [9.17, 15) is 4.79 Å². The van der Waals surface area contributed by atoms with Gasteiger partial charge in [0.25, 0.3) is 5.91 Å². The van der Waals surface area contributed by atoms with E-state index in [1.807, 2.05) is 0 Å². The van der Waals surface area contributed by atoms with E-state index in [0.29, 0.717) is 34.8 Å². The van der Waals surface area contributed by atoms with E-state index in [1.54, 1.807) is 25.6 Å². The van der Waals surface area contributed by atoms with E-state index in [4.69, 9.17) is 4.74 Å². The van der Waals surface area contributed by atoms with Gasteiger partial charge in [-0.15, -0.1) is 0 Å². The number of anilines is 2. The summed E-state index contributed by atoms with van der Waals surface area (Å²) >= 11 is 0. The minimum Gasteiger partial charge on any atom is -0.494 e. The molecule has 2 aromatic heterocycles. The van der Waals surface area contributed by atoms with Crippen molar-refractivity contribution in [2.45, 2.75) is 6.54 Å². The van der Waals surface area contributed by atoms with Gasteiger partial charge in [-0.2, -0.15) is 0 Å². The van der Waals surface area contributed by atoms with Gasteiger partial charge in [0, 0.05) is 17.7 Å². The molecule has 8 nitrogen and oxygen atoms in total. The number of aromatic amines is 1. The minimum atomic E-state index is -0.0865. The highest BCUT2D eigenvalue weighted by Crippen LogP contribution is 2.36. The molecule has 8 heteroatoms. The summed E-state index contributed by atoms with van der Waals surface area (Å²) in [7, 11) is 1.58. The fraction of sp³-hybridized carbons (Fsp3) is 0.143. The molecule has 0 fully saturated rings. The lowest BCUT2D eigenvalue weighted by Gasteiger charge is -2.13. The lowest BCUT2D eigenvalue weighted by atomic mass is 10.1. The molecule has 1 aromatic carbocycles. The summed E-state index contributed by atoms with van der Waals surface area (Å²) in [5.74, 6) is 1.11. The Labute approximate surface area is 125 Å². The minimum absolute atomic E-state index is 0.0865. The van der Waals surface area contributed by atoms with Gasteiger partial charge in [0.05, 0.1) is 19.1 Å². The molecule has 4 rings (SSSR count). The van der Waals surface area contributed by atoms with E-state index in [0.717, 1.165) is 11.3 Å². The van der Waals surface area contributed by atoms with Crippen LogP contribution in [0.4, 0.5) is 11.5 Å². The fourth-order valence-electron chi connectivity index (χ4n) is 2.60. The fourth-order valence-corrected chi connectivity index (χ4v) is 2.60. The van der Waals surface area contributed by atoms with Crippen LogP contribution in [0, 0.1) is 0 Å². The molecule has 0 bridgehead atoms. The number of amides is 1. The normalized spacial score (nSPS) is 13.0. The monoisotopic (exact) mass is 296 g/mol. The summed E-state index contributed by atoms with van der Waals surface area (Å²) < 4.78 is 5.48. The molecule has 1 aliphatic heterocycles. The molecule has 1 aliphatic rings. The van der Waals surface area contributed by atoms with Crippen molar-refractivity contribution in [3.63, 3.8) is 0 Å². The van der Waals surface area contributed by atoms with Crippen LogP contribution in [0.15, 0.2) is 24.8 Å². The summed E-state index contributed by atoms with van der Waals surface area (Å²) in [6, 6.07) is 3.56. The molecule has 0 atom stereocenters. The van der Waals surface area contributed by atoms with Crippen molar-refractivity contribution in [2.24, 2.45) is 0 Å². The van der Waals surface area contributed by atoms with Gasteiger partial charge in [0.15, 0.2) is 17.0 Å². The molecule has 0 radical (unpaired) electrons. The second-order valence-electron chi connectivity index (χ2n) is 4.80. The van der Waals surface area contributed by atoms with Crippen LogP contribution in [0.2, 0.25) is 0 Å². The number of carbonyl (C=O) groups is 1. The van der Waals surface area contributed by atoms with Crippen LogP contribution in [0.1, 0.15) is 15.9 Å². The third-order valence-corrected chi connectivity index (χ3v) is 3.61. The van der Waals surface area contributed by atoms with Gasteiger partial charge in [-0.25, -0.2) is 15.0 Å². The lowest BCUT2D eigenvalue weighted by Crippen LogP contribution is -2.12. The average molecular weight is 296 g/mol. The third kappa shape index (κ3) is 1.77. The van der Waals surface area contributed by atoms with Crippen molar-refractivity contribution >= 4 is 28.6 Å². The Bertz CT molecular complexity index is 888. The summed E-state index contributed by atoms with van der Waals surface area (Å²) in [4.78, 5) is 27.2. The molecule has 3 aromatic rings. The molecule has 3 N–H and O–H groups in total. The number of H-pyrrole nitrogens is 1. The Morgan fingerprint density at radius 1 is 1.27 bits per heavy atom. The first-order chi connectivity index (χ1) is 10.8. The first-order valence-electron chi connectivity index (χ1n) is 6.67. The van der Waals surface area contributed by atoms with Crippen LogP contribution in [-0.4, -0.2) is 33.0 Å².